The highest BCUT2D eigenvalue weighted by Crippen LogP contribution is 2.14. The second kappa shape index (κ2) is 6.87. The lowest BCUT2D eigenvalue weighted by Crippen LogP contribution is -2.23. The van der Waals surface area contributed by atoms with Crippen molar-refractivity contribution in [2.24, 2.45) is 0 Å². The van der Waals surface area contributed by atoms with E-state index < -0.39 is 0 Å². The molecule has 0 saturated heterocycles. The van der Waals surface area contributed by atoms with Crippen LogP contribution in [-0.4, -0.2) is 20.9 Å². The summed E-state index contributed by atoms with van der Waals surface area (Å²) in [5, 5.41) is 5.78. The van der Waals surface area contributed by atoms with Gasteiger partial charge in [0.25, 0.3) is 0 Å². The number of imidazole rings is 1. The average molecular weight is 332 g/mol. The zero-order valence-electron chi connectivity index (χ0n) is 12.7. The molecule has 0 atom stereocenters. The summed E-state index contributed by atoms with van der Waals surface area (Å²) < 4.78 is 13.1. The number of hydrogen-bond acceptors (Lipinski definition) is 4. The minimum absolute atomic E-state index is 0.0510. The van der Waals surface area contributed by atoms with Crippen molar-refractivity contribution in [3.05, 3.63) is 45.9 Å². The van der Waals surface area contributed by atoms with Crippen LogP contribution in [0.15, 0.2) is 23.6 Å². The molecule has 0 fully saturated rings. The highest BCUT2D eigenvalue weighted by molar-refractivity contribution is 7.09. The lowest BCUT2D eigenvalue weighted by atomic mass is 10.3. The summed E-state index contributed by atoms with van der Waals surface area (Å²) in [6, 6.07) is 4.40. The molecule has 0 aliphatic carbocycles. The fourth-order valence-corrected chi connectivity index (χ4v) is 3.06. The number of nitrogens with one attached hydrogen (secondary N) is 2. The number of aryl methyl sites for hydroxylation is 2. The van der Waals surface area contributed by atoms with E-state index in [1.54, 1.807) is 17.4 Å². The Balaban J connectivity index is 1.51. The number of hydrogen-bond donors (Lipinski definition) is 2. The van der Waals surface area contributed by atoms with Gasteiger partial charge in [0.05, 0.1) is 23.3 Å². The summed E-state index contributed by atoms with van der Waals surface area (Å²) in [7, 11) is 0. The van der Waals surface area contributed by atoms with Crippen molar-refractivity contribution in [2.75, 3.05) is 0 Å². The number of thiazole rings is 1. The summed E-state index contributed by atoms with van der Waals surface area (Å²) in [5.74, 6) is 0.327. The van der Waals surface area contributed by atoms with Gasteiger partial charge in [-0.3, -0.25) is 4.79 Å². The van der Waals surface area contributed by atoms with E-state index in [1.165, 1.54) is 12.1 Å². The maximum atomic E-state index is 13.1. The predicted octanol–water partition coefficient (Wildman–Crippen LogP) is 2.97. The van der Waals surface area contributed by atoms with E-state index in [9.17, 15) is 9.18 Å². The Morgan fingerprint density at radius 2 is 2.26 bits per heavy atom. The Kier molecular flexibility index (Phi) is 4.66. The molecule has 23 heavy (non-hydrogen) atoms. The van der Waals surface area contributed by atoms with Gasteiger partial charge < -0.3 is 10.3 Å². The molecule has 0 unspecified atom stereocenters. The molecule has 3 rings (SSSR count). The molecule has 2 N–H and O–H groups in total. The smallest absolute Gasteiger partial charge is 0.220 e. The first-order chi connectivity index (χ1) is 11.1. The van der Waals surface area contributed by atoms with E-state index in [2.05, 4.69) is 27.2 Å². The molecule has 0 bridgehead atoms. The van der Waals surface area contributed by atoms with E-state index in [0.717, 1.165) is 17.1 Å². The molecular formula is C16H17FN4OS. The van der Waals surface area contributed by atoms with E-state index >= 15 is 0 Å². The van der Waals surface area contributed by atoms with Gasteiger partial charge in [-0.25, -0.2) is 14.4 Å². The zero-order valence-corrected chi connectivity index (χ0v) is 13.5. The molecule has 120 valence electrons. The molecule has 3 aromatic rings. The topological polar surface area (TPSA) is 70.7 Å². The van der Waals surface area contributed by atoms with Crippen LogP contribution in [0, 0.1) is 5.82 Å². The number of nitrogens with zero attached hydrogens (tertiary/aromatic N) is 2. The minimum atomic E-state index is -0.305. The summed E-state index contributed by atoms with van der Waals surface area (Å²) in [5.41, 5.74) is 2.40. The van der Waals surface area contributed by atoms with Gasteiger partial charge in [-0.05, 0) is 24.6 Å². The van der Waals surface area contributed by atoms with Gasteiger partial charge in [0.15, 0.2) is 0 Å². The van der Waals surface area contributed by atoms with Crippen LogP contribution >= 0.6 is 11.3 Å². The molecule has 1 aromatic carbocycles. The molecule has 2 aromatic heterocycles. The van der Waals surface area contributed by atoms with Crippen LogP contribution in [0.3, 0.4) is 0 Å². The standard InChI is InChI=1S/C16H17FN4OS/c1-2-11-9-23-16(19-11)8-18-15(22)6-5-14-20-12-4-3-10(17)7-13(12)21-14/h3-4,7,9H,2,5-6,8H2,1H3,(H,18,22)(H,20,21). The number of H-pyrrole nitrogens is 1. The fourth-order valence-electron chi connectivity index (χ4n) is 2.24. The number of halogens is 1. The number of aromatic amines is 1. The number of benzene rings is 1. The minimum Gasteiger partial charge on any atom is -0.350 e. The van der Waals surface area contributed by atoms with Crippen molar-refractivity contribution in [3.8, 4) is 0 Å². The molecule has 0 aliphatic rings. The van der Waals surface area contributed by atoms with Gasteiger partial charge in [-0.15, -0.1) is 11.3 Å². The van der Waals surface area contributed by atoms with Crippen molar-refractivity contribution in [1.29, 1.82) is 0 Å². The van der Waals surface area contributed by atoms with E-state index in [-0.39, 0.29) is 11.7 Å². The van der Waals surface area contributed by atoms with Crippen LogP contribution in [0.25, 0.3) is 11.0 Å². The van der Waals surface area contributed by atoms with Crippen molar-refractivity contribution >= 4 is 28.3 Å². The number of rotatable bonds is 6. The predicted molar refractivity (Wildman–Crippen MR) is 87.7 cm³/mol. The number of carbonyl (C=O) groups excluding carboxylic acids is 1. The molecule has 0 saturated carbocycles. The number of carbonyl (C=O) groups is 1. The monoisotopic (exact) mass is 332 g/mol. The number of amides is 1. The summed E-state index contributed by atoms with van der Waals surface area (Å²) in [6.07, 6.45) is 1.71. The fraction of sp³-hybridized carbons (Fsp3) is 0.312. The molecule has 7 heteroatoms. The van der Waals surface area contributed by atoms with E-state index in [4.69, 9.17) is 0 Å². The van der Waals surface area contributed by atoms with Crippen molar-refractivity contribution in [1.82, 2.24) is 20.3 Å². The van der Waals surface area contributed by atoms with E-state index in [0.29, 0.717) is 36.2 Å². The first kappa shape index (κ1) is 15.6. The average Bonchev–Trinajstić information content (AvgIpc) is 3.16. The normalized spacial score (nSPS) is 11.0. The Bertz CT molecular complexity index is 826. The van der Waals surface area contributed by atoms with Gasteiger partial charge in [-0.1, -0.05) is 6.92 Å². The SMILES string of the molecule is CCc1csc(CNC(=O)CCc2nc3ccc(F)cc3[nH]2)n1. The molecule has 0 radical (unpaired) electrons. The third kappa shape index (κ3) is 3.92. The Labute approximate surface area is 137 Å². The largest absolute Gasteiger partial charge is 0.350 e. The second-order valence-corrected chi connectivity index (χ2v) is 6.15. The number of fused-ring (bicyclic) bond motifs is 1. The Hall–Kier alpha value is -2.28. The third-order valence-electron chi connectivity index (χ3n) is 3.48. The summed E-state index contributed by atoms with van der Waals surface area (Å²) >= 11 is 1.56. The second-order valence-electron chi connectivity index (χ2n) is 5.21. The summed E-state index contributed by atoms with van der Waals surface area (Å²) in [4.78, 5) is 23.7. The van der Waals surface area contributed by atoms with E-state index in [1.807, 2.05) is 5.38 Å². The lowest BCUT2D eigenvalue weighted by Gasteiger charge is -2.01. The molecule has 0 aliphatic heterocycles. The van der Waals surface area contributed by atoms with Crippen LogP contribution in [0.1, 0.15) is 29.9 Å². The maximum Gasteiger partial charge on any atom is 0.220 e. The first-order valence-corrected chi connectivity index (χ1v) is 8.36. The molecule has 2 heterocycles. The van der Waals surface area contributed by atoms with Crippen LogP contribution in [-0.2, 0) is 24.2 Å². The van der Waals surface area contributed by atoms with Crippen molar-refractivity contribution < 1.29 is 9.18 Å². The van der Waals surface area contributed by atoms with Gasteiger partial charge in [0.2, 0.25) is 5.91 Å². The highest BCUT2D eigenvalue weighted by Gasteiger charge is 2.08. The zero-order chi connectivity index (χ0) is 16.2. The van der Waals surface area contributed by atoms with Crippen molar-refractivity contribution in [2.45, 2.75) is 32.7 Å². The van der Waals surface area contributed by atoms with Gasteiger partial charge >= 0.3 is 0 Å². The number of aromatic nitrogens is 3. The summed E-state index contributed by atoms with van der Waals surface area (Å²) in [6.45, 7) is 2.51. The van der Waals surface area contributed by atoms with Gasteiger partial charge in [-0.2, -0.15) is 0 Å². The third-order valence-corrected chi connectivity index (χ3v) is 4.38. The highest BCUT2D eigenvalue weighted by atomic mass is 32.1. The van der Waals surface area contributed by atoms with Crippen LogP contribution < -0.4 is 5.32 Å². The van der Waals surface area contributed by atoms with Gasteiger partial charge in [0, 0.05) is 18.2 Å². The lowest BCUT2D eigenvalue weighted by molar-refractivity contribution is -0.121. The quantitative estimate of drug-likeness (QED) is 0.729. The Morgan fingerprint density at radius 1 is 1.39 bits per heavy atom. The Morgan fingerprint density at radius 3 is 3.04 bits per heavy atom. The maximum absolute atomic E-state index is 13.1. The van der Waals surface area contributed by atoms with Crippen LogP contribution in [0.4, 0.5) is 4.39 Å². The molecule has 5 nitrogen and oxygen atoms in total. The molecular weight excluding hydrogens is 315 g/mol. The molecule has 1 amide bonds. The van der Waals surface area contributed by atoms with Crippen LogP contribution in [0.2, 0.25) is 0 Å². The molecule has 0 spiro atoms. The van der Waals surface area contributed by atoms with Crippen molar-refractivity contribution in [3.63, 3.8) is 0 Å². The first-order valence-electron chi connectivity index (χ1n) is 7.48. The van der Waals surface area contributed by atoms with Crippen LogP contribution in [0.5, 0.6) is 0 Å². The van der Waals surface area contributed by atoms with Gasteiger partial charge in [0.1, 0.15) is 16.6 Å².